The van der Waals surface area contributed by atoms with Gasteiger partial charge in [-0.25, -0.2) is 9.59 Å². The summed E-state index contributed by atoms with van der Waals surface area (Å²) in [6.45, 7) is 4.89. The van der Waals surface area contributed by atoms with Gasteiger partial charge in [0.15, 0.2) is 5.72 Å². The molecule has 2 amide bonds. The molecule has 2 fully saturated rings. The molecule has 12 heteroatoms. The van der Waals surface area contributed by atoms with Crippen LogP contribution < -0.4 is 11.5 Å². The second-order valence-electron chi connectivity index (χ2n) is 11.2. The monoisotopic (exact) mass is 542 g/mol. The minimum atomic E-state index is -1.36. The van der Waals surface area contributed by atoms with Crippen molar-refractivity contribution < 1.29 is 38.2 Å². The van der Waals surface area contributed by atoms with Gasteiger partial charge in [0.25, 0.3) is 0 Å². The number of hydrogen-bond donors (Lipinski definition) is 2. The van der Waals surface area contributed by atoms with Gasteiger partial charge in [0.05, 0.1) is 23.4 Å². The number of carbonyl (C=O) groups excluding carboxylic acids is 5. The van der Waals surface area contributed by atoms with Crippen molar-refractivity contribution in [2.45, 2.75) is 70.4 Å². The van der Waals surface area contributed by atoms with Crippen LogP contribution in [0, 0.1) is 11.3 Å². The van der Waals surface area contributed by atoms with Crippen molar-refractivity contribution in [1.29, 1.82) is 0 Å². The maximum atomic E-state index is 13.4. The minimum Gasteiger partial charge on any atom is -0.449 e. The van der Waals surface area contributed by atoms with Crippen molar-refractivity contribution in [2.75, 3.05) is 20.3 Å². The molecule has 0 aromatic carbocycles. The molecule has 0 bridgehead atoms. The maximum Gasteiger partial charge on any atom is 0.411 e. The zero-order valence-corrected chi connectivity index (χ0v) is 22.5. The molecular formula is C27H34N4O8. The number of ether oxygens (including phenoxy) is 3. The van der Waals surface area contributed by atoms with E-state index in [0.717, 1.165) is 6.42 Å². The van der Waals surface area contributed by atoms with Crippen molar-refractivity contribution >= 4 is 29.5 Å². The first-order chi connectivity index (χ1) is 18.4. The summed E-state index contributed by atoms with van der Waals surface area (Å²) in [6, 6.07) is -0.932. The molecule has 210 valence electrons. The normalized spacial score (nSPS) is 36.1. The topological polar surface area (TPSA) is 171 Å². The number of ketones is 3. The lowest BCUT2D eigenvalue weighted by molar-refractivity contribution is -0.144. The number of Topliss-reactive ketones (excluding diaryl/α,β-unsaturated/α-hetero) is 3. The summed E-state index contributed by atoms with van der Waals surface area (Å²) in [5.74, 6) is -1.75. The van der Waals surface area contributed by atoms with Gasteiger partial charge in [0.2, 0.25) is 11.6 Å². The Kier molecular flexibility index (Phi) is 6.36. The van der Waals surface area contributed by atoms with Gasteiger partial charge >= 0.3 is 12.2 Å². The first kappa shape index (κ1) is 26.9. The molecule has 0 aromatic heterocycles. The number of primary amides is 1. The fraction of sp³-hybridized carbons (Fsp3) is 0.593. The highest BCUT2D eigenvalue weighted by atomic mass is 16.6. The van der Waals surface area contributed by atoms with Crippen LogP contribution in [0.25, 0.3) is 0 Å². The second-order valence-corrected chi connectivity index (χ2v) is 11.2. The Hall–Kier alpha value is -3.67. The zero-order chi connectivity index (χ0) is 28.4. The van der Waals surface area contributed by atoms with Crippen molar-refractivity contribution in [3.8, 4) is 0 Å². The molecule has 2 saturated heterocycles. The van der Waals surface area contributed by atoms with E-state index in [-0.39, 0.29) is 47.5 Å². The van der Waals surface area contributed by atoms with Gasteiger partial charge < -0.3 is 30.6 Å². The molecule has 39 heavy (non-hydrogen) atoms. The van der Waals surface area contributed by atoms with Crippen LogP contribution >= 0.6 is 0 Å². The van der Waals surface area contributed by atoms with Crippen molar-refractivity contribution in [3.63, 3.8) is 0 Å². The van der Waals surface area contributed by atoms with Crippen LogP contribution in [0.3, 0.4) is 0 Å². The molecule has 12 nitrogen and oxygen atoms in total. The Morgan fingerprint density at radius 3 is 2.54 bits per heavy atom. The van der Waals surface area contributed by atoms with E-state index in [4.69, 9.17) is 25.7 Å². The predicted molar refractivity (Wildman–Crippen MR) is 135 cm³/mol. The second kappa shape index (κ2) is 9.22. The van der Waals surface area contributed by atoms with Gasteiger partial charge in [-0.15, -0.1) is 0 Å². The SMILES string of the molecule is CO[C@]12C3C(CN1C1=C(C(=O)C(N)=C(C)C1=O)[C@H]2COC(N)=O)N3C(=O)O[C@H]1/C=C/CC[C@@](C)(C(C)=O)CC1. The number of allylic oxidation sites excluding steroid dienone is 3. The Balaban J connectivity index is 1.40. The molecule has 4 N–H and O–H groups in total. The third-order valence-corrected chi connectivity index (χ3v) is 9.20. The molecule has 5 rings (SSSR count). The van der Waals surface area contributed by atoms with E-state index >= 15 is 0 Å². The van der Waals surface area contributed by atoms with Crippen LogP contribution in [-0.2, 0) is 28.6 Å². The van der Waals surface area contributed by atoms with E-state index in [9.17, 15) is 24.0 Å². The number of rotatable bonds is 5. The van der Waals surface area contributed by atoms with E-state index in [1.165, 1.54) is 18.9 Å². The third kappa shape index (κ3) is 3.87. The highest BCUT2D eigenvalue weighted by molar-refractivity contribution is 6.25. The molecule has 3 heterocycles. The molecular weight excluding hydrogens is 508 g/mol. The van der Waals surface area contributed by atoms with E-state index in [0.29, 0.717) is 19.3 Å². The summed E-state index contributed by atoms with van der Waals surface area (Å²) in [5, 5.41) is 0. The molecule has 2 aliphatic carbocycles. The van der Waals surface area contributed by atoms with Crippen molar-refractivity contribution in [3.05, 3.63) is 34.7 Å². The van der Waals surface area contributed by atoms with Gasteiger partial charge in [-0.05, 0) is 45.6 Å². The Labute approximate surface area is 225 Å². The van der Waals surface area contributed by atoms with Gasteiger partial charge in [-0.3, -0.25) is 19.3 Å². The molecule has 0 spiro atoms. The number of fused-ring (bicyclic) bond motifs is 4. The van der Waals surface area contributed by atoms with Crippen LogP contribution in [0.5, 0.6) is 0 Å². The van der Waals surface area contributed by atoms with Crippen LogP contribution in [0.2, 0.25) is 0 Å². The zero-order valence-electron chi connectivity index (χ0n) is 22.5. The lowest BCUT2D eigenvalue weighted by Crippen LogP contribution is -2.56. The van der Waals surface area contributed by atoms with Gasteiger partial charge in [-0.1, -0.05) is 13.0 Å². The first-order valence-corrected chi connectivity index (χ1v) is 13.1. The predicted octanol–water partition coefficient (Wildman–Crippen LogP) is 1.29. The van der Waals surface area contributed by atoms with Gasteiger partial charge in [0.1, 0.15) is 24.5 Å². The van der Waals surface area contributed by atoms with Gasteiger partial charge in [0, 0.05) is 30.2 Å². The number of methoxy groups -OCH3 is 1. The average Bonchev–Trinajstić information content (AvgIpc) is 3.39. The van der Waals surface area contributed by atoms with Crippen LogP contribution in [0.15, 0.2) is 34.7 Å². The first-order valence-electron chi connectivity index (χ1n) is 13.1. The number of nitrogens with two attached hydrogens (primary N) is 2. The van der Waals surface area contributed by atoms with E-state index in [2.05, 4.69) is 0 Å². The lowest BCUT2D eigenvalue weighted by atomic mass is 9.76. The van der Waals surface area contributed by atoms with E-state index < -0.39 is 53.0 Å². The number of piperazine rings is 1. The fourth-order valence-corrected chi connectivity index (χ4v) is 6.70. The number of hydrogen-bond acceptors (Lipinski definition) is 10. The molecule has 5 aliphatic rings. The number of amides is 2. The summed E-state index contributed by atoms with van der Waals surface area (Å²) < 4.78 is 17.0. The number of carbonyl (C=O) groups is 5. The molecule has 0 saturated carbocycles. The molecule has 0 aromatic rings. The summed E-state index contributed by atoms with van der Waals surface area (Å²) in [5.41, 5.74) is 9.58. The van der Waals surface area contributed by atoms with E-state index in [1.807, 2.05) is 19.1 Å². The average molecular weight is 543 g/mol. The largest absolute Gasteiger partial charge is 0.449 e. The molecule has 0 radical (unpaired) electrons. The van der Waals surface area contributed by atoms with Crippen LogP contribution in [-0.4, -0.2) is 83.5 Å². The molecule has 2 unspecified atom stereocenters. The van der Waals surface area contributed by atoms with Gasteiger partial charge in [-0.2, -0.15) is 0 Å². The lowest BCUT2D eigenvalue weighted by Gasteiger charge is -2.40. The Morgan fingerprint density at radius 1 is 1.18 bits per heavy atom. The Morgan fingerprint density at radius 2 is 1.90 bits per heavy atom. The standard InChI is InChI=1S/C27H34N4O8/c1-13-19(28)22(34)18-16(12-38-24(29)35)27(37-4)23-17(11-30(27)20(18)21(13)33)31(23)25(36)39-15-7-5-6-9-26(3,10-8-15)14(2)32/h5,7,15-17,23H,6,8-12,28H2,1-4H3,(H2,29,35)/b7-5+/t15-,16+,17?,23?,26+,27+,31?/m0/s1. The fourth-order valence-electron chi connectivity index (χ4n) is 6.70. The van der Waals surface area contributed by atoms with Crippen LogP contribution in [0.4, 0.5) is 9.59 Å². The minimum absolute atomic E-state index is 0.0938. The summed E-state index contributed by atoms with van der Waals surface area (Å²) in [7, 11) is 1.42. The summed E-state index contributed by atoms with van der Waals surface area (Å²) in [6.07, 6.45) is 4.20. The molecule has 6 atom stereocenters. The number of nitrogens with zero attached hydrogens (tertiary/aromatic N) is 2. The van der Waals surface area contributed by atoms with Crippen LogP contribution in [0.1, 0.15) is 46.5 Å². The maximum absolute atomic E-state index is 13.4. The summed E-state index contributed by atoms with van der Waals surface area (Å²) in [4.78, 5) is 66.9. The van der Waals surface area contributed by atoms with E-state index in [1.54, 1.807) is 11.8 Å². The molecule has 3 aliphatic heterocycles. The Bertz CT molecular complexity index is 1270. The highest BCUT2D eigenvalue weighted by Gasteiger charge is 2.78. The van der Waals surface area contributed by atoms with Crippen molar-refractivity contribution in [1.82, 2.24) is 9.80 Å². The quantitative estimate of drug-likeness (QED) is 0.293. The third-order valence-electron chi connectivity index (χ3n) is 9.20. The highest BCUT2D eigenvalue weighted by Crippen LogP contribution is 2.60. The van der Waals surface area contributed by atoms with Crippen molar-refractivity contribution in [2.24, 2.45) is 22.8 Å². The smallest absolute Gasteiger partial charge is 0.411 e. The summed E-state index contributed by atoms with van der Waals surface area (Å²) >= 11 is 0.